The van der Waals surface area contributed by atoms with Crippen molar-refractivity contribution in [1.82, 2.24) is 5.32 Å². The van der Waals surface area contributed by atoms with E-state index >= 15 is 0 Å². The molecule has 0 saturated heterocycles. The van der Waals surface area contributed by atoms with E-state index in [-0.39, 0.29) is 32.1 Å². The largest absolute Gasteiger partial charge is 0.497 e. The number of rotatable bonds is 12. The number of aliphatic hydroxyl groups excluding tert-OH is 1. The number of hydrogen-bond acceptors (Lipinski definition) is 7. The molecular weight excluding hydrogens is 426 g/mol. The number of furan rings is 1. The highest BCUT2D eigenvalue weighted by molar-refractivity contribution is 6.04. The second-order valence-corrected chi connectivity index (χ2v) is 7.49. The summed E-state index contributed by atoms with van der Waals surface area (Å²) >= 11 is 0. The van der Waals surface area contributed by atoms with Crippen LogP contribution in [0.2, 0.25) is 0 Å². The minimum atomic E-state index is -0.469. The second kappa shape index (κ2) is 11.9. The lowest BCUT2D eigenvalue weighted by Crippen LogP contribution is -2.26. The highest BCUT2D eigenvalue weighted by atomic mass is 16.5. The number of carbonyl (C=O) groups excluding carboxylic acids is 2. The number of nitrogens with one attached hydrogen (secondary N) is 1. The Kier molecular flexibility index (Phi) is 8.71. The minimum Gasteiger partial charge on any atom is -0.497 e. The Balaban J connectivity index is 1.62. The van der Waals surface area contributed by atoms with Crippen LogP contribution >= 0.6 is 0 Å². The zero-order valence-corrected chi connectivity index (χ0v) is 18.9. The van der Waals surface area contributed by atoms with Crippen LogP contribution in [-0.2, 0) is 22.4 Å². The van der Waals surface area contributed by atoms with Crippen LogP contribution in [0.5, 0.6) is 11.5 Å². The van der Waals surface area contributed by atoms with Crippen molar-refractivity contribution >= 4 is 22.8 Å². The smallest absolute Gasteiger partial charge is 0.342 e. The highest BCUT2D eigenvalue weighted by Gasteiger charge is 2.19. The lowest BCUT2D eigenvalue weighted by molar-refractivity contribution is -0.121. The third-order valence-electron chi connectivity index (χ3n) is 5.22. The third-order valence-corrected chi connectivity index (χ3v) is 5.22. The molecule has 0 aliphatic heterocycles. The predicted molar refractivity (Wildman–Crippen MR) is 123 cm³/mol. The molecule has 1 aromatic heterocycles. The van der Waals surface area contributed by atoms with Crippen LogP contribution in [0, 0.1) is 0 Å². The monoisotopic (exact) mass is 455 g/mol. The topological polar surface area (TPSA) is 107 Å². The summed E-state index contributed by atoms with van der Waals surface area (Å²) in [6.45, 7) is 0.392. The Hall–Kier alpha value is -3.52. The highest BCUT2D eigenvalue weighted by Crippen LogP contribution is 2.32. The maximum atomic E-state index is 12.7. The summed E-state index contributed by atoms with van der Waals surface area (Å²) < 4.78 is 21.6. The molecule has 0 unspecified atom stereocenters. The zero-order chi connectivity index (χ0) is 23.6. The number of methoxy groups -OCH3 is 2. The van der Waals surface area contributed by atoms with Gasteiger partial charge < -0.3 is 29.1 Å². The number of benzene rings is 2. The first-order valence-corrected chi connectivity index (χ1v) is 10.8. The Morgan fingerprint density at radius 1 is 1.03 bits per heavy atom. The van der Waals surface area contributed by atoms with Crippen LogP contribution in [0.15, 0.2) is 47.1 Å². The van der Waals surface area contributed by atoms with Crippen LogP contribution in [0.25, 0.3) is 11.0 Å². The van der Waals surface area contributed by atoms with Gasteiger partial charge in [-0.15, -0.1) is 0 Å². The molecule has 33 heavy (non-hydrogen) atoms. The van der Waals surface area contributed by atoms with Gasteiger partial charge in [-0.25, -0.2) is 4.79 Å². The van der Waals surface area contributed by atoms with E-state index in [0.29, 0.717) is 35.1 Å². The Morgan fingerprint density at radius 2 is 1.82 bits per heavy atom. The molecule has 176 valence electrons. The average molecular weight is 456 g/mol. The minimum absolute atomic E-state index is 0.105. The van der Waals surface area contributed by atoms with Gasteiger partial charge >= 0.3 is 5.97 Å². The van der Waals surface area contributed by atoms with Crippen molar-refractivity contribution in [2.24, 2.45) is 0 Å². The zero-order valence-electron chi connectivity index (χ0n) is 18.9. The van der Waals surface area contributed by atoms with Crippen LogP contribution in [0.1, 0.15) is 34.3 Å². The van der Waals surface area contributed by atoms with Gasteiger partial charge in [0.2, 0.25) is 5.91 Å². The van der Waals surface area contributed by atoms with Crippen molar-refractivity contribution in [3.63, 3.8) is 0 Å². The standard InChI is InChI=1S/C25H29NO7/c1-30-19-8-5-17(6-9-19)4-3-13-32-25(29)21-16-33-24-20(21)14-18(15-22(24)31-2)7-10-23(28)26-11-12-27/h5-6,8-9,14-16,27H,3-4,7,10-13H2,1-2H3,(H,26,28). The van der Waals surface area contributed by atoms with E-state index in [9.17, 15) is 9.59 Å². The maximum absolute atomic E-state index is 12.7. The summed E-state index contributed by atoms with van der Waals surface area (Å²) in [6.07, 6.45) is 3.53. The predicted octanol–water partition coefficient (Wildman–Crippen LogP) is 3.28. The molecular formula is C25H29NO7. The van der Waals surface area contributed by atoms with Gasteiger partial charge in [0, 0.05) is 18.4 Å². The fourth-order valence-electron chi connectivity index (χ4n) is 3.47. The first-order valence-electron chi connectivity index (χ1n) is 10.8. The number of amides is 1. The number of esters is 1. The van der Waals surface area contributed by atoms with Crippen LogP contribution < -0.4 is 14.8 Å². The van der Waals surface area contributed by atoms with Crippen LogP contribution in [-0.4, -0.2) is 51.0 Å². The van der Waals surface area contributed by atoms with E-state index in [1.165, 1.54) is 13.4 Å². The fourth-order valence-corrected chi connectivity index (χ4v) is 3.47. The summed E-state index contributed by atoms with van der Waals surface area (Å²) in [5, 5.41) is 12.0. The van der Waals surface area contributed by atoms with Crippen LogP contribution in [0.3, 0.4) is 0 Å². The van der Waals surface area contributed by atoms with Crippen molar-refractivity contribution in [2.75, 3.05) is 34.0 Å². The van der Waals surface area contributed by atoms with E-state index in [0.717, 1.165) is 23.3 Å². The van der Waals surface area contributed by atoms with E-state index in [2.05, 4.69) is 5.32 Å². The number of carbonyl (C=O) groups is 2. The van der Waals surface area contributed by atoms with Crippen LogP contribution in [0.4, 0.5) is 0 Å². The Morgan fingerprint density at radius 3 is 2.52 bits per heavy atom. The molecule has 0 aliphatic carbocycles. The molecule has 2 aromatic carbocycles. The molecule has 3 aromatic rings. The van der Waals surface area contributed by atoms with Crippen molar-refractivity contribution in [1.29, 1.82) is 0 Å². The number of aliphatic hydroxyl groups is 1. The molecule has 3 rings (SSSR count). The second-order valence-electron chi connectivity index (χ2n) is 7.49. The molecule has 0 fully saturated rings. The van der Waals surface area contributed by atoms with E-state index < -0.39 is 5.97 Å². The quantitative estimate of drug-likeness (QED) is 0.319. The molecule has 0 saturated carbocycles. The molecule has 1 amide bonds. The summed E-state index contributed by atoms with van der Waals surface area (Å²) in [7, 11) is 3.15. The molecule has 0 spiro atoms. The number of hydrogen-bond donors (Lipinski definition) is 2. The third kappa shape index (κ3) is 6.49. The lowest BCUT2D eigenvalue weighted by Gasteiger charge is -2.08. The Bertz CT molecular complexity index is 1070. The van der Waals surface area contributed by atoms with Crippen molar-refractivity contribution in [3.8, 4) is 11.5 Å². The van der Waals surface area contributed by atoms with Gasteiger partial charge in [0.25, 0.3) is 0 Å². The molecule has 1 heterocycles. The van der Waals surface area contributed by atoms with Crippen molar-refractivity contribution in [3.05, 3.63) is 59.4 Å². The summed E-state index contributed by atoms with van der Waals surface area (Å²) in [6, 6.07) is 11.4. The summed E-state index contributed by atoms with van der Waals surface area (Å²) in [4.78, 5) is 24.5. The van der Waals surface area contributed by atoms with E-state index in [1.807, 2.05) is 30.3 Å². The van der Waals surface area contributed by atoms with Crippen molar-refractivity contribution in [2.45, 2.75) is 25.7 Å². The van der Waals surface area contributed by atoms with Gasteiger partial charge in [-0.05, 0) is 54.7 Å². The molecule has 8 nitrogen and oxygen atoms in total. The SMILES string of the molecule is COc1ccc(CCCOC(=O)c2coc3c(OC)cc(CCC(=O)NCCO)cc23)cc1. The van der Waals surface area contributed by atoms with E-state index in [1.54, 1.807) is 13.2 Å². The first kappa shape index (κ1) is 24.1. The fraction of sp³-hybridized carbons (Fsp3) is 0.360. The van der Waals surface area contributed by atoms with Gasteiger partial charge in [0.15, 0.2) is 11.3 Å². The maximum Gasteiger partial charge on any atom is 0.342 e. The van der Waals surface area contributed by atoms with Crippen molar-refractivity contribution < 1.29 is 33.3 Å². The summed E-state index contributed by atoms with van der Waals surface area (Å²) in [5.74, 6) is 0.657. The number of ether oxygens (including phenoxy) is 3. The van der Waals surface area contributed by atoms with Gasteiger partial charge in [0.05, 0.1) is 27.4 Å². The summed E-state index contributed by atoms with van der Waals surface area (Å²) in [5.41, 5.74) is 2.74. The van der Waals surface area contributed by atoms with E-state index in [4.69, 9.17) is 23.7 Å². The first-order chi connectivity index (χ1) is 16.0. The lowest BCUT2D eigenvalue weighted by atomic mass is 10.0. The molecule has 0 bridgehead atoms. The molecule has 0 atom stereocenters. The normalized spacial score (nSPS) is 10.8. The molecule has 2 N–H and O–H groups in total. The van der Waals surface area contributed by atoms with Gasteiger partial charge in [-0.2, -0.15) is 0 Å². The van der Waals surface area contributed by atoms with Gasteiger partial charge in [0.1, 0.15) is 17.6 Å². The molecule has 0 radical (unpaired) electrons. The number of aryl methyl sites for hydroxylation is 2. The van der Waals surface area contributed by atoms with Gasteiger partial charge in [-0.3, -0.25) is 4.79 Å². The molecule has 8 heteroatoms. The average Bonchev–Trinajstić information content (AvgIpc) is 3.28. The van der Waals surface area contributed by atoms with Gasteiger partial charge in [-0.1, -0.05) is 12.1 Å². The Labute approximate surface area is 192 Å². The number of fused-ring (bicyclic) bond motifs is 1. The molecule has 0 aliphatic rings.